The lowest BCUT2D eigenvalue weighted by atomic mass is 10.0. The Labute approximate surface area is 150 Å². The highest BCUT2D eigenvalue weighted by atomic mass is 32.1. The molecule has 1 aliphatic carbocycles. The number of rotatable bonds is 4. The lowest BCUT2D eigenvalue weighted by molar-refractivity contribution is -0.187. The minimum absolute atomic E-state index is 0.0452. The van der Waals surface area contributed by atoms with Gasteiger partial charge in [0, 0.05) is 38.9 Å². The van der Waals surface area contributed by atoms with E-state index in [0.29, 0.717) is 29.9 Å². The summed E-state index contributed by atoms with van der Waals surface area (Å²) < 4.78 is 14.1. The van der Waals surface area contributed by atoms with E-state index in [4.69, 9.17) is 21.7 Å². The van der Waals surface area contributed by atoms with Crippen LogP contribution in [0, 0.1) is 3.95 Å². The monoisotopic (exact) mass is 370 g/mol. The Morgan fingerprint density at radius 2 is 2.04 bits per heavy atom. The van der Waals surface area contributed by atoms with E-state index >= 15 is 0 Å². The van der Waals surface area contributed by atoms with Gasteiger partial charge in [0.15, 0.2) is 9.74 Å². The molecule has 2 saturated heterocycles. The SMILES string of the molecule is CC(=O)N(c1nn(CN2CCC3(CC2)OCCO3)c(=S)s1)C1CC1. The fraction of sp³-hybridized carbons (Fsp3) is 0.800. The number of aromatic nitrogens is 2. The van der Waals surface area contributed by atoms with Crippen molar-refractivity contribution >= 4 is 34.6 Å². The summed E-state index contributed by atoms with van der Waals surface area (Å²) in [4.78, 5) is 16.0. The third-order valence-corrected chi connectivity index (χ3v) is 6.13. The molecule has 1 aromatic heterocycles. The minimum atomic E-state index is -0.359. The number of hydrogen-bond acceptors (Lipinski definition) is 7. The molecule has 0 unspecified atom stereocenters. The third kappa shape index (κ3) is 3.28. The average Bonchev–Trinajstić information content (AvgIpc) is 3.16. The molecule has 0 bridgehead atoms. The van der Waals surface area contributed by atoms with Crippen molar-refractivity contribution in [2.45, 2.75) is 51.1 Å². The van der Waals surface area contributed by atoms with Crippen molar-refractivity contribution in [3.8, 4) is 0 Å². The number of anilines is 1. The second-order valence-corrected chi connectivity index (χ2v) is 8.24. The van der Waals surface area contributed by atoms with Gasteiger partial charge in [-0.1, -0.05) is 11.3 Å². The maximum atomic E-state index is 11.9. The smallest absolute Gasteiger partial charge is 0.225 e. The van der Waals surface area contributed by atoms with E-state index in [-0.39, 0.29) is 11.7 Å². The molecule has 0 radical (unpaired) electrons. The molecule has 3 fully saturated rings. The average molecular weight is 371 g/mol. The van der Waals surface area contributed by atoms with Crippen LogP contribution in [-0.4, -0.2) is 58.7 Å². The van der Waals surface area contributed by atoms with Crippen LogP contribution in [0.15, 0.2) is 0 Å². The van der Waals surface area contributed by atoms with Crippen molar-refractivity contribution in [1.82, 2.24) is 14.7 Å². The van der Waals surface area contributed by atoms with Gasteiger partial charge in [0.1, 0.15) is 0 Å². The van der Waals surface area contributed by atoms with Crippen molar-refractivity contribution in [2.75, 3.05) is 31.2 Å². The Morgan fingerprint density at radius 1 is 1.38 bits per heavy atom. The van der Waals surface area contributed by atoms with Crippen LogP contribution in [0.25, 0.3) is 0 Å². The maximum absolute atomic E-state index is 11.9. The number of ether oxygens (including phenoxy) is 2. The first-order valence-electron chi connectivity index (χ1n) is 8.44. The Kier molecular flexibility index (Phi) is 4.46. The van der Waals surface area contributed by atoms with Gasteiger partial charge in [0.2, 0.25) is 11.0 Å². The molecule has 0 atom stereocenters. The summed E-state index contributed by atoms with van der Waals surface area (Å²) in [5.74, 6) is -0.313. The summed E-state index contributed by atoms with van der Waals surface area (Å²) in [5.41, 5.74) is 0. The van der Waals surface area contributed by atoms with Crippen LogP contribution in [0.2, 0.25) is 0 Å². The van der Waals surface area contributed by atoms with E-state index in [1.165, 1.54) is 11.3 Å². The van der Waals surface area contributed by atoms with Crippen molar-refractivity contribution in [3.63, 3.8) is 0 Å². The molecule has 1 aromatic rings. The Bertz CT molecular complexity index is 669. The lowest BCUT2D eigenvalue weighted by Crippen LogP contribution is -2.45. The van der Waals surface area contributed by atoms with Crippen LogP contribution in [0.4, 0.5) is 5.13 Å². The summed E-state index contributed by atoms with van der Waals surface area (Å²) in [6.07, 6.45) is 3.86. The predicted molar refractivity (Wildman–Crippen MR) is 92.6 cm³/mol. The molecule has 1 amide bonds. The zero-order valence-electron chi connectivity index (χ0n) is 13.8. The van der Waals surface area contributed by atoms with Crippen LogP contribution in [0.3, 0.4) is 0 Å². The van der Waals surface area contributed by atoms with E-state index in [1.54, 1.807) is 11.8 Å². The molecule has 1 spiro atoms. The van der Waals surface area contributed by atoms with E-state index in [0.717, 1.165) is 43.9 Å². The second-order valence-electron chi connectivity index (χ2n) is 6.64. The first-order chi connectivity index (χ1) is 11.6. The van der Waals surface area contributed by atoms with E-state index in [9.17, 15) is 4.79 Å². The van der Waals surface area contributed by atoms with Crippen LogP contribution >= 0.6 is 23.6 Å². The molecule has 7 nitrogen and oxygen atoms in total. The Hall–Kier alpha value is -0.870. The molecule has 24 heavy (non-hydrogen) atoms. The molecular formula is C15H22N4O3S2. The molecule has 132 valence electrons. The number of nitrogens with zero attached hydrogens (tertiary/aromatic N) is 4. The van der Waals surface area contributed by atoms with Crippen molar-refractivity contribution in [3.05, 3.63) is 3.95 Å². The zero-order valence-corrected chi connectivity index (χ0v) is 15.4. The minimum Gasteiger partial charge on any atom is -0.347 e. The molecule has 4 rings (SSSR count). The van der Waals surface area contributed by atoms with Gasteiger partial charge in [-0.25, -0.2) is 4.68 Å². The quantitative estimate of drug-likeness (QED) is 0.756. The lowest BCUT2D eigenvalue weighted by Gasteiger charge is -2.37. The van der Waals surface area contributed by atoms with Gasteiger partial charge in [0.25, 0.3) is 0 Å². The fourth-order valence-corrected chi connectivity index (χ4v) is 4.57. The summed E-state index contributed by atoms with van der Waals surface area (Å²) in [7, 11) is 0. The molecule has 2 aliphatic heterocycles. The fourth-order valence-electron chi connectivity index (χ4n) is 3.37. The van der Waals surface area contributed by atoms with Gasteiger partial charge in [-0.15, -0.1) is 5.10 Å². The normalized spacial score (nSPS) is 23.7. The van der Waals surface area contributed by atoms with Crippen LogP contribution < -0.4 is 4.90 Å². The molecular weight excluding hydrogens is 348 g/mol. The van der Waals surface area contributed by atoms with E-state index in [2.05, 4.69) is 10.00 Å². The Morgan fingerprint density at radius 3 is 2.62 bits per heavy atom. The summed E-state index contributed by atoms with van der Waals surface area (Å²) in [5, 5.41) is 5.34. The number of hydrogen-bond donors (Lipinski definition) is 0. The molecule has 3 heterocycles. The highest BCUT2D eigenvalue weighted by Crippen LogP contribution is 2.34. The standard InChI is InChI=1S/C15H22N4O3S2/c1-11(20)19(12-2-3-12)13-16-18(14(23)24-13)10-17-6-4-15(5-7-17)21-8-9-22-15/h12H,2-10H2,1H3. The largest absolute Gasteiger partial charge is 0.347 e. The zero-order chi connectivity index (χ0) is 16.7. The van der Waals surface area contributed by atoms with Gasteiger partial charge in [-0.05, 0) is 25.1 Å². The highest BCUT2D eigenvalue weighted by Gasteiger charge is 2.40. The molecule has 0 aromatic carbocycles. The summed E-state index contributed by atoms with van der Waals surface area (Å²) in [6, 6.07) is 0.308. The number of carbonyl (C=O) groups is 1. The Balaban J connectivity index is 1.42. The first kappa shape index (κ1) is 16.6. The summed E-state index contributed by atoms with van der Waals surface area (Å²) >= 11 is 6.88. The van der Waals surface area contributed by atoms with Crippen LogP contribution in [-0.2, 0) is 20.9 Å². The molecule has 3 aliphatic rings. The van der Waals surface area contributed by atoms with E-state index in [1.807, 2.05) is 4.68 Å². The van der Waals surface area contributed by atoms with Crippen molar-refractivity contribution in [2.24, 2.45) is 0 Å². The molecule has 0 N–H and O–H groups in total. The van der Waals surface area contributed by atoms with Gasteiger partial charge in [-0.3, -0.25) is 14.6 Å². The van der Waals surface area contributed by atoms with Gasteiger partial charge in [-0.2, -0.15) is 0 Å². The van der Waals surface area contributed by atoms with Gasteiger partial charge >= 0.3 is 0 Å². The van der Waals surface area contributed by atoms with Crippen LogP contribution in [0.1, 0.15) is 32.6 Å². The van der Waals surface area contributed by atoms with Crippen molar-refractivity contribution in [1.29, 1.82) is 0 Å². The van der Waals surface area contributed by atoms with E-state index < -0.39 is 0 Å². The van der Waals surface area contributed by atoms with Crippen molar-refractivity contribution < 1.29 is 14.3 Å². The topological polar surface area (TPSA) is 59.8 Å². The highest BCUT2D eigenvalue weighted by molar-refractivity contribution is 7.73. The number of amides is 1. The van der Waals surface area contributed by atoms with Gasteiger partial charge < -0.3 is 9.47 Å². The molecule has 9 heteroatoms. The number of piperidine rings is 1. The third-order valence-electron chi connectivity index (χ3n) is 4.82. The first-order valence-corrected chi connectivity index (χ1v) is 9.67. The predicted octanol–water partition coefficient (Wildman–Crippen LogP) is 1.99. The molecule has 1 saturated carbocycles. The number of likely N-dealkylation sites (tertiary alicyclic amines) is 1. The maximum Gasteiger partial charge on any atom is 0.225 e. The van der Waals surface area contributed by atoms with Crippen LogP contribution in [0.5, 0.6) is 0 Å². The second kappa shape index (κ2) is 6.45. The number of carbonyl (C=O) groups excluding carboxylic acids is 1. The van der Waals surface area contributed by atoms with Gasteiger partial charge in [0.05, 0.1) is 19.9 Å². The summed E-state index contributed by atoms with van der Waals surface area (Å²) in [6.45, 7) is 5.44.